The molecular weight excluding hydrogens is 312 g/mol. The molecule has 21 heavy (non-hydrogen) atoms. The number of carbonyl (C=O) groups excluding carboxylic acids is 1. The standard InChI is InChI=1S/C13H11ClN4O2S/c1-2-7-20-12(19)10-15-16-13-18(10)17-11(21-13)8-5-3-4-6-9(8)14/h3-6H,2,7H2,1H3. The molecule has 0 fully saturated rings. The van der Waals surface area contributed by atoms with Crippen molar-refractivity contribution in [3.63, 3.8) is 0 Å². The van der Waals surface area contributed by atoms with Crippen LogP contribution in [-0.4, -0.2) is 32.4 Å². The number of hydrogen-bond donors (Lipinski definition) is 0. The molecule has 0 saturated heterocycles. The number of rotatable bonds is 4. The fourth-order valence-electron chi connectivity index (χ4n) is 1.75. The van der Waals surface area contributed by atoms with Gasteiger partial charge in [-0.25, -0.2) is 4.79 Å². The highest BCUT2D eigenvalue weighted by molar-refractivity contribution is 7.19. The van der Waals surface area contributed by atoms with Crippen molar-refractivity contribution >= 4 is 33.9 Å². The van der Waals surface area contributed by atoms with E-state index in [1.54, 1.807) is 6.07 Å². The zero-order valence-electron chi connectivity index (χ0n) is 11.1. The number of halogens is 1. The molecule has 1 aromatic carbocycles. The van der Waals surface area contributed by atoms with Crippen molar-refractivity contribution in [2.75, 3.05) is 6.61 Å². The van der Waals surface area contributed by atoms with Crippen LogP contribution in [0.25, 0.3) is 15.5 Å². The van der Waals surface area contributed by atoms with Crippen molar-refractivity contribution in [2.24, 2.45) is 0 Å². The largest absolute Gasteiger partial charge is 0.460 e. The Bertz CT molecular complexity index is 798. The van der Waals surface area contributed by atoms with Crippen molar-refractivity contribution in [3.8, 4) is 10.6 Å². The quantitative estimate of drug-likeness (QED) is 0.690. The van der Waals surface area contributed by atoms with Crippen molar-refractivity contribution in [3.05, 3.63) is 35.1 Å². The monoisotopic (exact) mass is 322 g/mol. The molecule has 0 aliphatic heterocycles. The second-order valence-electron chi connectivity index (χ2n) is 4.24. The molecule has 6 nitrogen and oxygen atoms in total. The summed E-state index contributed by atoms with van der Waals surface area (Å²) in [6.45, 7) is 2.26. The minimum absolute atomic E-state index is 0.0769. The van der Waals surface area contributed by atoms with Gasteiger partial charge in [0.2, 0.25) is 4.96 Å². The summed E-state index contributed by atoms with van der Waals surface area (Å²) in [5.41, 5.74) is 0.794. The first-order chi connectivity index (χ1) is 10.2. The van der Waals surface area contributed by atoms with Crippen LogP contribution in [0.1, 0.15) is 24.0 Å². The van der Waals surface area contributed by atoms with Crippen LogP contribution in [0.15, 0.2) is 24.3 Å². The highest BCUT2D eigenvalue weighted by atomic mass is 35.5. The third-order valence-electron chi connectivity index (χ3n) is 2.71. The van der Waals surface area contributed by atoms with Crippen LogP contribution in [0.4, 0.5) is 0 Å². The molecule has 2 aromatic heterocycles. The molecule has 0 saturated carbocycles. The molecule has 0 aliphatic carbocycles. The van der Waals surface area contributed by atoms with Gasteiger partial charge in [0.15, 0.2) is 0 Å². The summed E-state index contributed by atoms with van der Waals surface area (Å²) in [4.78, 5) is 12.4. The molecule has 0 aliphatic rings. The van der Waals surface area contributed by atoms with E-state index >= 15 is 0 Å². The van der Waals surface area contributed by atoms with E-state index in [2.05, 4.69) is 15.3 Å². The Morgan fingerprint density at radius 2 is 2.19 bits per heavy atom. The van der Waals surface area contributed by atoms with Crippen LogP contribution < -0.4 is 0 Å². The van der Waals surface area contributed by atoms with Gasteiger partial charge in [0.1, 0.15) is 5.01 Å². The van der Waals surface area contributed by atoms with Gasteiger partial charge >= 0.3 is 5.97 Å². The maximum Gasteiger partial charge on any atom is 0.378 e. The Morgan fingerprint density at radius 1 is 1.38 bits per heavy atom. The normalized spacial score (nSPS) is 11.0. The summed E-state index contributed by atoms with van der Waals surface area (Å²) >= 11 is 7.47. The Kier molecular flexibility index (Phi) is 3.85. The van der Waals surface area contributed by atoms with Gasteiger partial charge in [-0.05, 0) is 12.5 Å². The van der Waals surface area contributed by atoms with Crippen LogP contribution in [-0.2, 0) is 4.74 Å². The highest BCUT2D eigenvalue weighted by Gasteiger charge is 2.20. The number of benzene rings is 1. The maximum absolute atomic E-state index is 11.9. The molecule has 0 radical (unpaired) electrons. The zero-order chi connectivity index (χ0) is 14.8. The molecule has 0 unspecified atom stereocenters. The van der Waals surface area contributed by atoms with Crippen molar-refractivity contribution in [1.29, 1.82) is 0 Å². The van der Waals surface area contributed by atoms with E-state index in [4.69, 9.17) is 16.3 Å². The Hall–Kier alpha value is -1.99. The van der Waals surface area contributed by atoms with E-state index in [0.29, 0.717) is 21.6 Å². The molecule has 3 rings (SSSR count). The van der Waals surface area contributed by atoms with E-state index in [1.165, 1.54) is 15.9 Å². The fraction of sp³-hybridized carbons (Fsp3) is 0.231. The summed E-state index contributed by atoms with van der Waals surface area (Å²) in [6, 6.07) is 7.37. The summed E-state index contributed by atoms with van der Waals surface area (Å²) < 4.78 is 6.45. The fourth-order valence-corrected chi connectivity index (χ4v) is 2.91. The summed E-state index contributed by atoms with van der Waals surface area (Å²) in [6.07, 6.45) is 0.746. The minimum atomic E-state index is -0.527. The molecule has 2 heterocycles. The van der Waals surface area contributed by atoms with Gasteiger partial charge in [-0.2, -0.15) is 9.61 Å². The van der Waals surface area contributed by atoms with Gasteiger partial charge in [-0.15, -0.1) is 10.2 Å². The lowest BCUT2D eigenvalue weighted by atomic mass is 10.2. The van der Waals surface area contributed by atoms with Crippen molar-refractivity contribution < 1.29 is 9.53 Å². The second-order valence-corrected chi connectivity index (χ2v) is 5.60. The third kappa shape index (κ3) is 2.62. The van der Waals surface area contributed by atoms with Crippen molar-refractivity contribution in [2.45, 2.75) is 13.3 Å². The smallest absolute Gasteiger partial charge is 0.378 e. The second kappa shape index (κ2) is 5.79. The number of hydrogen-bond acceptors (Lipinski definition) is 6. The maximum atomic E-state index is 11.9. The van der Waals surface area contributed by atoms with Crippen molar-refractivity contribution in [1.82, 2.24) is 19.8 Å². The number of aromatic nitrogens is 4. The van der Waals surface area contributed by atoms with Gasteiger partial charge < -0.3 is 4.74 Å². The van der Waals surface area contributed by atoms with E-state index in [9.17, 15) is 4.79 Å². The Labute approximate surface area is 129 Å². The lowest BCUT2D eigenvalue weighted by molar-refractivity contribution is 0.0487. The SMILES string of the molecule is CCCOC(=O)c1nnc2sc(-c3ccccc3Cl)nn12. The predicted octanol–water partition coefficient (Wildman–Crippen LogP) is 3.07. The van der Waals surface area contributed by atoms with E-state index in [-0.39, 0.29) is 5.82 Å². The Morgan fingerprint density at radius 3 is 2.95 bits per heavy atom. The molecule has 0 N–H and O–H groups in total. The number of esters is 1. The molecule has 3 aromatic rings. The lowest BCUT2D eigenvalue weighted by Crippen LogP contribution is -2.11. The zero-order valence-corrected chi connectivity index (χ0v) is 12.7. The average molecular weight is 323 g/mol. The average Bonchev–Trinajstić information content (AvgIpc) is 3.05. The lowest BCUT2D eigenvalue weighted by Gasteiger charge is -1.99. The molecular formula is C13H11ClN4O2S. The van der Waals surface area contributed by atoms with E-state index < -0.39 is 5.97 Å². The van der Waals surface area contributed by atoms with E-state index in [1.807, 2.05) is 25.1 Å². The number of fused-ring (bicyclic) bond motifs is 1. The topological polar surface area (TPSA) is 69.4 Å². The van der Waals surface area contributed by atoms with E-state index in [0.717, 1.165) is 12.0 Å². The van der Waals surface area contributed by atoms with Crippen LogP contribution in [0.5, 0.6) is 0 Å². The summed E-state index contributed by atoms with van der Waals surface area (Å²) in [5, 5.41) is 13.4. The number of carbonyl (C=O) groups is 1. The Balaban J connectivity index is 2.00. The molecule has 0 spiro atoms. The summed E-state index contributed by atoms with van der Waals surface area (Å²) in [5.74, 6) is -0.451. The van der Waals surface area contributed by atoms with Gasteiger partial charge in [0.05, 0.1) is 11.6 Å². The van der Waals surface area contributed by atoms with Crippen LogP contribution in [0, 0.1) is 0 Å². The number of nitrogens with zero attached hydrogens (tertiary/aromatic N) is 4. The molecule has 108 valence electrons. The molecule has 0 bridgehead atoms. The predicted molar refractivity (Wildman–Crippen MR) is 79.7 cm³/mol. The third-order valence-corrected chi connectivity index (χ3v) is 3.98. The highest BCUT2D eigenvalue weighted by Crippen LogP contribution is 2.30. The first-order valence-corrected chi connectivity index (χ1v) is 7.54. The van der Waals surface area contributed by atoms with Gasteiger partial charge in [0.25, 0.3) is 5.82 Å². The van der Waals surface area contributed by atoms with Crippen LogP contribution >= 0.6 is 22.9 Å². The number of ether oxygens (including phenoxy) is 1. The molecule has 8 heteroatoms. The molecule has 0 atom stereocenters. The molecule has 0 amide bonds. The van der Waals surface area contributed by atoms with Gasteiger partial charge in [-0.1, -0.05) is 48.1 Å². The summed E-state index contributed by atoms with van der Waals surface area (Å²) in [7, 11) is 0. The first-order valence-electron chi connectivity index (χ1n) is 6.35. The van der Waals surface area contributed by atoms with Gasteiger partial charge in [0, 0.05) is 5.56 Å². The minimum Gasteiger partial charge on any atom is -0.460 e. The van der Waals surface area contributed by atoms with Crippen LogP contribution in [0.3, 0.4) is 0 Å². The first kappa shape index (κ1) is 14.0. The van der Waals surface area contributed by atoms with Crippen LogP contribution in [0.2, 0.25) is 5.02 Å². The van der Waals surface area contributed by atoms with Gasteiger partial charge in [-0.3, -0.25) is 0 Å².